The molecule has 4 aromatic rings. The largest absolute Gasteiger partial charge is 0.508 e. The average Bonchev–Trinajstić information content (AvgIpc) is 3.24. The van der Waals surface area contributed by atoms with Gasteiger partial charge in [0.05, 0.1) is 5.69 Å². The second-order valence-electron chi connectivity index (χ2n) is 6.81. The predicted molar refractivity (Wildman–Crippen MR) is 107 cm³/mol. The number of aromatic hydroxyl groups is 1. The monoisotopic (exact) mass is 358 g/mol. The molecule has 1 atom stereocenters. The molecule has 0 aliphatic carbocycles. The lowest BCUT2D eigenvalue weighted by atomic mass is 10.0. The Morgan fingerprint density at radius 1 is 1.04 bits per heavy atom. The van der Waals surface area contributed by atoms with Crippen LogP contribution < -0.4 is 0 Å². The van der Waals surface area contributed by atoms with E-state index in [1.54, 1.807) is 17.1 Å². The van der Waals surface area contributed by atoms with Gasteiger partial charge in [0.25, 0.3) is 0 Å². The van der Waals surface area contributed by atoms with Crippen LogP contribution in [0.25, 0.3) is 16.5 Å². The first kappa shape index (κ1) is 17.2. The molecule has 0 spiro atoms. The molecule has 0 amide bonds. The minimum absolute atomic E-state index is 0.202. The minimum atomic E-state index is 0.202. The van der Waals surface area contributed by atoms with Crippen molar-refractivity contribution in [2.75, 3.05) is 7.05 Å². The lowest BCUT2D eigenvalue weighted by Crippen LogP contribution is -2.22. The molecule has 0 fully saturated rings. The molecule has 5 heteroatoms. The van der Waals surface area contributed by atoms with Gasteiger partial charge >= 0.3 is 0 Å². The van der Waals surface area contributed by atoms with Gasteiger partial charge in [-0.3, -0.25) is 4.90 Å². The Hall–Kier alpha value is -3.18. The molecule has 5 nitrogen and oxygen atoms in total. The molecule has 0 saturated carbocycles. The third kappa shape index (κ3) is 3.41. The maximum Gasteiger partial charge on any atom is 0.138 e. The number of hydrogen-bond acceptors (Lipinski definition) is 4. The summed E-state index contributed by atoms with van der Waals surface area (Å²) in [5, 5.41) is 16.8. The van der Waals surface area contributed by atoms with Gasteiger partial charge in [-0.2, -0.15) is 5.10 Å². The van der Waals surface area contributed by atoms with Crippen molar-refractivity contribution in [2.45, 2.75) is 19.5 Å². The SMILES string of the molecule is C[C@H](c1ccc(-n2cncn2)cc1)N(C)Cc1c(O)ccc2ccccc12. The molecule has 0 aliphatic heterocycles. The van der Waals surface area contributed by atoms with E-state index >= 15 is 0 Å². The zero-order valence-corrected chi connectivity index (χ0v) is 15.4. The summed E-state index contributed by atoms with van der Waals surface area (Å²) in [6, 6.07) is 20.4. The average molecular weight is 358 g/mol. The van der Waals surface area contributed by atoms with E-state index in [9.17, 15) is 5.11 Å². The van der Waals surface area contributed by atoms with E-state index in [0.717, 1.165) is 22.0 Å². The van der Waals surface area contributed by atoms with Crippen LogP contribution in [-0.2, 0) is 6.54 Å². The van der Waals surface area contributed by atoms with Gasteiger partial charge in [-0.05, 0) is 48.5 Å². The Bertz CT molecular complexity index is 1040. The number of phenolic OH excluding ortho intramolecular Hbond substituents is 1. The minimum Gasteiger partial charge on any atom is -0.508 e. The van der Waals surface area contributed by atoms with E-state index in [1.165, 1.54) is 11.9 Å². The van der Waals surface area contributed by atoms with E-state index in [0.29, 0.717) is 12.3 Å². The molecule has 0 unspecified atom stereocenters. The van der Waals surface area contributed by atoms with Gasteiger partial charge in [0.2, 0.25) is 0 Å². The Morgan fingerprint density at radius 2 is 1.81 bits per heavy atom. The van der Waals surface area contributed by atoms with Crippen molar-refractivity contribution in [2.24, 2.45) is 0 Å². The van der Waals surface area contributed by atoms with Crippen molar-refractivity contribution in [3.63, 3.8) is 0 Å². The van der Waals surface area contributed by atoms with E-state index < -0.39 is 0 Å². The maximum atomic E-state index is 10.4. The van der Waals surface area contributed by atoms with Gasteiger partial charge in [-0.15, -0.1) is 0 Å². The summed E-state index contributed by atoms with van der Waals surface area (Å²) in [5.41, 5.74) is 3.15. The van der Waals surface area contributed by atoms with Gasteiger partial charge in [-0.25, -0.2) is 9.67 Å². The van der Waals surface area contributed by atoms with E-state index in [4.69, 9.17) is 0 Å². The summed E-state index contributed by atoms with van der Waals surface area (Å²) in [6.07, 6.45) is 3.22. The standard InChI is InChI=1S/C22H22N4O/c1-16(17-7-10-19(11-8-17)26-15-23-14-24-26)25(2)13-21-20-6-4-3-5-18(20)9-12-22(21)27/h3-12,14-16,27H,13H2,1-2H3/t16-/m1/s1. The van der Waals surface area contributed by atoms with Crippen LogP contribution in [0.15, 0.2) is 73.3 Å². The Labute approximate surface area is 158 Å². The summed E-state index contributed by atoms with van der Waals surface area (Å²) >= 11 is 0. The number of fused-ring (bicyclic) bond motifs is 1. The quantitative estimate of drug-likeness (QED) is 0.577. The van der Waals surface area contributed by atoms with Crippen LogP contribution in [0.4, 0.5) is 0 Å². The van der Waals surface area contributed by atoms with Crippen LogP contribution in [0.3, 0.4) is 0 Å². The molecule has 136 valence electrons. The van der Waals surface area contributed by atoms with Gasteiger partial charge < -0.3 is 5.11 Å². The number of phenols is 1. The maximum absolute atomic E-state index is 10.4. The molecule has 1 heterocycles. The fourth-order valence-corrected chi connectivity index (χ4v) is 3.38. The van der Waals surface area contributed by atoms with Crippen molar-refractivity contribution in [3.8, 4) is 11.4 Å². The molecule has 3 aromatic carbocycles. The molecule has 0 radical (unpaired) electrons. The van der Waals surface area contributed by atoms with Crippen LogP contribution in [-0.4, -0.2) is 31.8 Å². The summed E-state index contributed by atoms with van der Waals surface area (Å²) in [5.74, 6) is 0.342. The van der Waals surface area contributed by atoms with Crippen LogP contribution in [0.5, 0.6) is 5.75 Å². The number of aromatic nitrogens is 3. The number of hydrogen-bond donors (Lipinski definition) is 1. The first-order valence-corrected chi connectivity index (χ1v) is 8.98. The van der Waals surface area contributed by atoms with Crippen molar-refractivity contribution in [3.05, 3.63) is 84.4 Å². The summed E-state index contributed by atoms with van der Waals surface area (Å²) < 4.78 is 1.74. The highest BCUT2D eigenvalue weighted by Crippen LogP contribution is 2.30. The molecule has 1 N–H and O–H groups in total. The van der Waals surface area contributed by atoms with E-state index in [1.807, 2.05) is 30.3 Å². The van der Waals surface area contributed by atoms with E-state index in [-0.39, 0.29) is 6.04 Å². The second kappa shape index (κ2) is 7.21. The molecule has 0 bridgehead atoms. The zero-order valence-electron chi connectivity index (χ0n) is 15.4. The van der Waals surface area contributed by atoms with Gasteiger partial charge in [0.1, 0.15) is 18.4 Å². The molecule has 4 rings (SSSR count). The first-order valence-electron chi connectivity index (χ1n) is 8.98. The first-order chi connectivity index (χ1) is 13.1. The Kier molecular flexibility index (Phi) is 4.60. The fourth-order valence-electron chi connectivity index (χ4n) is 3.38. The molecule has 0 saturated heterocycles. The molecule has 1 aromatic heterocycles. The van der Waals surface area contributed by atoms with Crippen LogP contribution in [0.2, 0.25) is 0 Å². The highest BCUT2D eigenvalue weighted by molar-refractivity contribution is 5.87. The van der Waals surface area contributed by atoms with Gasteiger partial charge in [0.15, 0.2) is 0 Å². The highest BCUT2D eigenvalue weighted by atomic mass is 16.3. The topological polar surface area (TPSA) is 54.2 Å². The van der Waals surface area contributed by atoms with Crippen LogP contribution in [0.1, 0.15) is 24.1 Å². The third-order valence-corrected chi connectivity index (χ3v) is 5.14. The summed E-state index contributed by atoms with van der Waals surface area (Å²) in [7, 11) is 2.08. The normalized spacial score (nSPS) is 12.6. The highest BCUT2D eigenvalue weighted by Gasteiger charge is 2.16. The van der Waals surface area contributed by atoms with Crippen molar-refractivity contribution >= 4 is 10.8 Å². The second-order valence-corrected chi connectivity index (χ2v) is 6.81. The van der Waals surface area contributed by atoms with Gasteiger partial charge in [-0.1, -0.05) is 42.5 Å². The predicted octanol–water partition coefficient (Wildman–Crippen LogP) is 4.32. The lowest BCUT2D eigenvalue weighted by molar-refractivity contribution is 0.251. The van der Waals surface area contributed by atoms with Crippen molar-refractivity contribution in [1.29, 1.82) is 0 Å². The molecular formula is C22H22N4O. The Morgan fingerprint density at radius 3 is 2.56 bits per heavy atom. The van der Waals surface area contributed by atoms with E-state index in [2.05, 4.69) is 53.2 Å². The summed E-state index contributed by atoms with van der Waals surface area (Å²) in [4.78, 5) is 6.23. The molecule has 0 aliphatic rings. The number of nitrogens with zero attached hydrogens (tertiary/aromatic N) is 4. The van der Waals surface area contributed by atoms with Crippen molar-refractivity contribution in [1.82, 2.24) is 19.7 Å². The van der Waals surface area contributed by atoms with Crippen LogP contribution in [0, 0.1) is 0 Å². The third-order valence-electron chi connectivity index (χ3n) is 5.14. The van der Waals surface area contributed by atoms with Crippen LogP contribution >= 0.6 is 0 Å². The molecular weight excluding hydrogens is 336 g/mol. The van der Waals surface area contributed by atoms with Gasteiger partial charge in [0, 0.05) is 18.2 Å². The summed E-state index contributed by atoms with van der Waals surface area (Å²) in [6.45, 7) is 2.84. The zero-order chi connectivity index (χ0) is 18.8. The number of rotatable bonds is 5. The lowest BCUT2D eigenvalue weighted by Gasteiger charge is -2.26. The number of benzene rings is 3. The Balaban J connectivity index is 1.56. The fraction of sp³-hybridized carbons (Fsp3) is 0.182. The molecule has 27 heavy (non-hydrogen) atoms. The van der Waals surface area contributed by atoms with Crippen molar-refractivity contribution < 1.29 is 5.11 Å². The smallest absolute Gasteiger partial charge is 0.138 e.